The van der Waals surface area contributed by atoms with Gasteiger partial charge in [0.05, 0.1) is 12.1 Å². The quantitative estimate of drug-likeness (QED) is 0.694. The van der Waals surface area contributed by atoms with Gasteiger partial charge in [-0.1, -0.05) is 13.3 Å². The number of carbonyl (C=O) groups excluding carboxylic acids is 2. The largest absolute Gasteiger partial charge is 0.368 e. The van der Waals surface area contributed by atoms with Crippen molar-refractivity contribution in [3.8, 4) is 0 Å². The van der Waals surface area contributed by atoms with Crippen LogP contribution in [0.4, 0.5) is 0 Å². The highest BCUT2D eigenvalue weighted by atomic mass is 127. The van der Waals surface area contributed by atoms with E-state index in [2.05, 4.69) is 38.5 Å². The van der Waals surface area contributed by atoms with E-state index in [0.717, 1.165) is 20.9 Å². The predicted octanol–water partition coefficient (Wildman–Crippen LogP) is 2.78. The van der Waals surface area contributed by atoms with Crippen LogP contribution in [0.5, 0.6) is 0 Å². The number of unbranched alkanes of at least 4 members (excludes halogenated alkanes) is 1. The molecule has 0 spiro atoms. The van der Waals surface area contributed by atoms with E-state index in [1.807, 2.05) is 19.1 Å². The van der Waals surface area contributed by atoms with E-state index >= 15 is 0 Å². The van der Waals surface area contributed by atoms with Crippen LogP contribution in [-0.2, 0) is 4.79 Å². The van der Waals surface area contributed by atoms with Crippen LogP contribution < -0.4 is 5.73 Å². The first-order valence-electron chi connectivity index (χ1n) is 5.98. The Morgan fingerprint density at radius 1 is 1.42 bits per heavy atom. The van der Waals surface area contributed by atoms with E-state index in [4.69, 9.17) is 5.73 Å². The molecule has 0 radical (unpaired) electrons. The fraction of sp³-hybridized carbons (Fsp3) is 0.385. The van der Waals surface area contributed by atoms with E-state index in [0.29, 0.717) is 12.1 Å². The number of primary amides is 1. The summed E-state index contributed by atoms with van der Waals surface area (Å²) in [5, 5.41) is 0. The Morgan fingerprint density at radius 3 is 2.68 bits per heavy atom. The van der Waals surface area contributed by atoms with Crippen LogP contribution in [0.15, 0.2) is 22.7 Å². The lowest BCUT2D eigenvalue weighted by Crippen LogP contribution is -2.39. The zero-order chi connectivity index (χ0) is 14.4. The predicted molar refractivity (Wildman–Crippen MR) is 86.9 cm³/mol. The second kappa shape index (κ2) is 7.84. The normalized spacial score (nSPS) is 10.3. The molecule has 0 aliphatic carbocycles. The van der Waals surface area contributed by atoms with Gasteiger partial charge < -0.3 is 10.6 Å². The molecule has 1 aromatic rings. The molecule has 2 N–H and O–H groups in total. The third kappa shape index (κ3) is 5.10. The molecule has 0 saturated carbocycles. The Bertz CT molecular complexity index is 480. The zero-order valence-electron chi connectivity index (χ0n) is 10.7. The fourth-order valence-corrected chi connectivity index (χ4v) is 2.53. The lowest BCUT2D eigenvalue weighted by Gasteiger charge is -2.21. The Hall–Kier alpha value is -0.630. The van der Waals surface area contributed by atoms with Crippen LogP contribution >= 0.6 is 38.5 Å². The van der Waals surface area contributed by atoms with Gasteiger partial charge in [0.25, 0.3) is 5.91 Å². The lowest BCUT2D eigenvalue weighted by molar-refractivity contribution is -0.118. The van der Waals surface area contributed by atoms with Gasteiger partial charge in [-0.2, -0.15) is 0 Å². The van der Waals surface area contributed by atoms with E-state index in [1.54, 1.807) is 6.07 Å². The molecule has 19 heavy (non-hydrogen) atoms. The number of rotatable bonds is 6. The van der Waals surface area contributed by atoms with E-state index < -0.39 is 5.91 Å². The molecule has 0 aromatic heterocycles. The van der Waals surface area contributed by atoms with Crippen LogP contribution in [-0.4, -0.2) is 29.8 Å². The molecule has 0 aliphatic heterocycles. The van der Waals surface area contributed by atoms with Crippen molar-refractivity contribution < 1.29 is 9.59 Å². The van der Waals surface area contributed by atoms with Gasteiger partial charge in [0.15, 0.2) is 0 Å². The van der Waals surface area contributed by atoms with E-state index in [1.165, 1.54) is 4.90 Å². The van der Waals surface area contributed by atoms with Gasteiger partial charge in [-0.15, -0.1) is 0 Å². The Kier molecular flexibility index (Phi) is 6.78. The highest BCUT2D eigenvalue weighted by Crippen LogP contribution is 2.21. The topological polar surface area (TPSA) is 63.4 Å². The fourth-order valence-electron chi connectivity index (χ4n) is 1.62. The number of amides is 2. The van der Waals surface area contributed by atoms with Crippen molar-refractivity contribution in [2.24, 2.45) is 5.73 Å². The molecule has 0 aliphatic rings. The Morgan fingerprint density at radius 2 is 2.11 bits per heavy atom. The summed E-state index contributed by atoms with van der Waals surface area (Å²) in [6.45, 7) is 2.53. The summed E-state index contributed by atoms with van der Waals surface area (Å²) in [7, 11) is 0. The third-order valence-electron chi connectivity index (χ3n) is 2.57. The molecule has 0 atom stereocenters. The van der Waals surface area contributed by atoms with Crippen molar-refractivity contribution in [1.82, 2.24) is 4.90 Å². The molecule has 0 unspecified atom stereocenters. The minimum absolute atomic E-state index is 0.0449. The number of halogens is 2. The van der Waals surface area contributed by atoms with Gasteiger partial charge in [-0.05, 0) is 63.1 Å². The van der Waals surface area contributed by atoms with Crippen LogP contribution in [0.1, 0.15) is 30.1 Å². The number of hydrogen-bond acceptors (Lipinski definition) is 2. The van der Waals surface area contributed by atoms with E-state index in [9.17, 15) is 9.59 Å². The second-order valence-electron chi connectivity index (χ2n) is 4.17. The molecule has 0 fully saturated rings. The van der Waals surface area contributed by atoms with E-state index in [-0.39, 0.29) is 12.5 Å². The van der Waals surface area contributed by atoms with Gasteiger partial charge in [0.2, 0.25) is 5.91 Å². The molecule has 104 valence electrons. The average Bonchev–Trinajstić information content (AvgIpc) is 2.36. The first-order chi connectivity index (χ1) is 8.95. The van der Waals surface area contributed by atoms with Crippen molar-refractivity contribution in [1.29, 1.82) is 0 Å². The minimum Gasteiger partial charge on any atom is -0.368 e. The first kappa shape index (κ1) is 16.4. The van der Waals surface area contributed by atoms with Crippen LogP contribution in [0, 0.1) is 3.57 Å². The maximum absolute atomic E-state index is 12.4. The van der Waals surface area contributed by atoms with Gasteiger partial charge in [-0.3, -0.25) is 9.59 Å². The lowest BCUT2D eigenvalue weighted by atomic mass is 10.2. The van der Waals surface area contributed by atoms with Crippen LogP contribution in [0.2, 0.25) is 0 Å². The molecule has 1 rings (SSSR count). The summed E-state index contributed by atoms with van der Waals surface area (Å²) < 4.78 is 1.70. The summed E-state index contributed by atoms with van der Waals surface area (Å²) in [6, 6.07) is 5.54. The first-order valence-corrected chi connectivity index (χ1v) is 7.85. The third-order valence-corrected chi connectivity index (χ3v) is 3.94. The standard InChI is InChI=1S/C13H16BrIN2O2/c1-2-3-6-17(8-12(16)18)13(19)10-7-9(15)4-5-11(10)14/h4-5,7H,2-3,6,8H2,1H3,(H2,16,18). The Balaban J connectivity index is 2.97. The number of nitrogens with zero attached hydrogens (tertiary/aromatic N) is 1. The number of hydrogen-bond donors (Lipinski definition) is 1. The molecule has 0 bridgehead atoms. The molecule has 0 heterocycles. The van der Waals surface area contributed by atoms with Crippen molar-refractivity contribution in [3.05, 3.63) is 31.8 Å². The monoisotopic (exact) mass is 438 g/mol. The van der Waals surface area contributed by atoms with Crippen LogP contribution in [0.25, 0.3) is 0 Å². The molecular formula is C13H16BrIN2O2. The van der Waals surface area contributed by atoms with Crippen molar-refractivity contribution in [2.45, 2.75) is 19.8 Å². The highest BCUT2D eigenvalue weighted by molar-refractivity contribution is 14.1. The van der Waals surface area contributed by atoms with Gasteiger partial charge in [-0.25, -0.2) is 0 Å². The average molecular weight is 439 g/mol. The van der Waals surface area contributed by atoms with Crippen molar-refractivity contribution >= 4 is 50.3 Å². The van der Waals surface area contributed by atoms with Crippen molar-refractivity contribution in [3.63, 3.8) is 0 Å². The summed E-state index contributed by atoms with van der Waals surface area (Å²) in [5.74, 6) is -0.663. The minimum atomic E-state index is -0.494. The highest BCUT2D eigenvalue weighted by Gasteiger charge is 2.19. The van der Waals surface area contributed by atoms with Crippen molar-refractivity contribution in [2.75, 3.05) is 13.1 Å². The number of carbonyl (C=O) groups is 2. The summed E-state index contributed by atoms with van der Waals surface area (Å²) in [5.41, 5.74) is 5.76. The Labute approximate surface area is 135 Å². The summed E-state index contributed by atoms with van der Waals surface area (Å²) in [6.07, 6.45) is 1.80. The summed E-state index contributed by atoms with van der Waals surface area (Å²) in [4.78, 5) is 25.0. The van der Waals surface area contributed by atoms with Gasteiger partial charge >= 0.3 is 0 Å². The second-order valence-corrected chi connectivity index (χ2v) is 6.27. The van der Waals surface area contributed by atoms with Gasteiger partial charge in [0, 0.05) is 14.6 Å². The van der Waals surface area contributed by atoms with Crippen LogP contribution in [0.3, 0.4) is 0 Å². The molecule has 4 nitrogen and oxygen atoms in total. The molecule has 1 aromatic carbocycles. The molecule has 2 amide bonds. The molecule has 0 saturated heterocycles. The van der Waals surface area contributed by atoms with Gasteiger partial charge in [0.1, 0.15) is 0 Å². The SMILES string of the molecule is CCCCN(CC(N)=O)C(=O)c1cc(I)ccc1Br. The molecular weight excluding hydrogens is 423 g/mol. The smallest absolute Gasteiger partial charge is 0.255 e. The maximum atomic E-state index is 12.4. The summed E-state index contributed by atoms with van der Waals surface area (Å²) >= 11 is 5.52. The maximum Gasteiger partial charge on any atom is 0.255 e. The molecule has 6 heteroatoms. The zero-order valence-corrected chi connectivity index (χ0v) is 14.4. The number of nitrogens with two attached hydrogens (primary N) is 1. The number of benzene rings is 1.